The normalized spacial score (nSPS) is 12.1. The van der Waals surface area contributed by atoms with E-state index >= 15 is 0 Å². The van der Waals surface area contributed by atoms with Crippen molar-refractivity contribution in [2.75, 3.05) is 0 Å². The summed E-state index contributed by atoms with van der Waals surface area (Å²) in [6.45, 7) is 2.54. The Morgan fingerprint density at radius 3 is 2.31 bits per heavy atom. The topological polar surface area (TPSA) is 39.9 Å². The molecule has 29 heavy (non-hydrogen) atoms. The zero-order valence-corrected chi connectivity index (χ0v) is 16.4. The Morgan fingerprint density at radius 1 is 0.931 bits per heavy atom. The number of nitrogens with zero attached hydrogens (tertiary/aromatic N) is 3. The molecule has 0 spiro atoms. The monoisotopic (exact) mass is 387 g/mol. The molecule has 4 aromatic rings. The quantitative estimate of drug-likeness (QED) is 0.434. The van der Waals surface area contributed by atoms with E-state index in [1.165, 1.54) is 12.1 Å². The van der Waals surface area contributed by atoms with Gasteiger partial charge in [0.2, 0.25) is 0 Å². The fourth-order valence-corrected chi connectivity index (χ4v) is 3.49. The lowest BCUT2D eigenvalue weighted by Crippen LogP contribution is -2.08. The van der Waals surface area contributed by atoms with Crippen molar-refractivity contribution in [3.63, 3.8) is 0 Å². The number of benzene rings is 2. The molecule has 0 radical (unpaired) electrons. The molecule has 0 saturated carbocycles. The van der Waals surface area contributed by atoms with Crippen LogP contribution in [-0.4, -0.2) is 14.8 Å². The van der Waals surface area contributed by atoms with Crippen molar-refractivity contribution >= 4 is 0 Å². The summed E-state index contributed by atoms with van der Waals surface area (Å²) in [6, 6.07) is 20.4. The second-order valence-corrected chi connectivity index (χ2v) is 6.91. The van der Waals surface area contributed by atoms with Gasteiger partial charge in [0.1, 0.15) is 11.5 Å². The first-order valence-corrected chi connectivity index (χ1v) is 9.52. The number of hydrogen-bond donors (Lipinski definition) is 0. The third-order valence-electron chi connectivity index (χ3n) is 4.91. The van der Waals surface area contributed by atoms with Crippen LogP contribution >= 0.6 is 0 Å². The molecule has 0 saturated heterocycles. The van der Waals surface area contributed by atoms with Gasteiger partial charge in [-0.15, -0.1) is 0 Å². The Hall–Kier alpha value is -3.31. The number of hydrogen-bond acceptors (Lipinski definition) is 3. The van der Waals surface area contributed by atoms with Crippen LogP contribution in [0.15, 0.2) is 79.1 Å². The van der Waals surface area contributed by atoms with E-state index in [2.05, 4.69) is 4.98 Å². The van der Waals surface area contributed by atoms with Crippen LogP contribution in [0.4, 0.5) is 4.39 Å². The van der Waals surface area contributed by atoms with Crippen molar-refractivity contribution < 1.29 is 9.13 Å². The van der Waals surface area contributed by atoms with Gasteiger partial charge in [-0.2, -0.15) is 5.10 Å². The summed E-state index contributed by atoms with van der Waals surface area (Å²) in [4.78, 5) is 4.13. The first-order chi connectivity index (χ1) is 14.1. The first kappa shape index (κ1) is 19.0. The molecule has 0 amide bonds. The van der Waals surface area contributed by atoms with Gasteiger partial charge in [0, 0.05) is 30.6 Å². The Morgan fingerprint density at radius 2 is 1.62 bits per heavy atom. The van der Waals surface area contributed by atoms with Crippen molar-refractivity contribution in [2.24, 2.45) is 7.05 Å². The first-order valence-electron chi connectivity index (χ1n) is 9.52. The van der Waals surface area contributed by atoms with Gasteiger partial charge in [0.05, 0.1) is 18.4 Å². The highest BCUT2D eigenvalue weighted by atomic mass is 19.1. The Kier molecular flexibility index (Phi) is 5.49. The average molecular weight is 387 g/mol. The largest absolute Gasteiger partial charge is 0.368 e. The molecule has 5 heteroatoms. The van der Waals surface area contributed by atoms with E-state index in [9.17, 15) is 4.39 Å². The van der Waals surface area contributed by atoms with Gasteiger partial charge >= 0.3 is 0 Å². The SMILES string of the molecule is CC(OCc1ccccc1)c1c(-c2ccncc2)c(-c2ccc(F)cc2)nn1C. The lowest BCUT2D eigenvalue weighted by atomic mass is 9.98. The standard InChI is InChI=1S/C24H22FN3O/c1-17(29-16-18-6-4-3-5-7-18)24-22(19-12-14-26-15-13-19)23(27-28(24)2)20-8-10-21(25)11-9-20/h3-15,17H,16H2,1-2H3. The molecule has 4 rings (SSSR count). The molecule has 0 N–H and O–H groups in total. The van der Waals surface area contributed by atoms with Crippen molar-refractivity contribution in [3.05, 3.63) is 96.2 Å². The van der Waals surface area contributed by atoms with Crippen molar-refractivity contribution in [2.45, 2.75) is 19.6 Å². The van der Waals surface area contributed by atoms with Crippen LogP contribution in [0.2, 0.25) is 0 Å². The maximum Gasteiger partial charge on any atom is 0.123 e. The summed E-state index contributed by atoms with van der Waals surface area (Å²) >= 11 is 0. The molecular weight excluding hydrogens is 365 g/mol. The average Bonchev–Trinajstić information content (AvgIpc) is 3.11. The molecule has 1 unspecified atom stereocenters. The Labute approximate surface area is 169 Å². The molecule has 2 heterocycles. The molecule has 0 fully saturated rings. The van der Waals surface area contributed by atoms with Gasteiger partial charge in [0.25, 0.3) is 0 Å². The zero-order valence-electron chi connectivity index (χ0n) is 16.4. The third-order valence-corrected chi connectivity index (χ3v) is 4.91. The van der Waals surface area contributed by atoms with E-state index in [0.717, 1.165) is 33.6 Å². The predicted octanol–water partition coefficient (Wildman–Crippen LogP) is 5.57. The number of halogens is 1. The molecule has 0 aliphatic heterocycles. The Bertz CT molecular complexity index is 1080. The van der Waals surface area contributed by atoms with E-state index in [1.54, 1.807) is 24.5 Å². The molecule has 4 nitrogen and oxygen atoms in total. The summed E-state index contributed by atoms with van der Waals surface area (Å²) < 4.78 is 21.5. The van der Waals surface area contributed by atoms with Gasteiger partial charge in [-0.3, -0.25) is 9.67 Å². The molecular formula is C24H22FN3O. The van der Waals surface area contributed by atoms with Crippen LogP contribution in [0.25, 0.3) is 22.4 Å². The van der Waals surface area contributed by atoms with Crippen LogP contribution in [0, 0.1) is 5.82 Å². The number of aryl methyl sites for hydroxylation is 1. The second kappa shape index (κ2) is 8.37. The lowest BCUT2D eigenvalue weighted by molar-refractivity contribution is 0.0476. The van der Waals surface area contributed by atoms with Crippen molar-refractivity contribution in [3.8, 4) is 22.4 Å². The van der Waals surface area contributed by atoms with Gasteiger partial charge in [-0.25, -0.2) is 4.39 Å². The predicted molar refractivity (Wildman–Crippen MR) is 111 cm³/mol. The summed E-state index contributed by atoms with van der Waals surface area (Å²) in [7, 11) is 1.91. The fraction of sp³-hybridized carbons (Fsp3) is 0.167. The maximum atomic E-state index is 13.4. The lowest BCUT2D eigenvalue weighted by Gasteiger charge is -2.16. The molecule has 2 aromatic heterocycles. The number of rotatable bonds is 6. The van der Waals surface area contributed by atoms with Gasteiger partial charge in [0.15, 0.2) is 0 Å². The van der Waals surface area contributed by atoms with E-state index in [4.69, 9.17) is 9.84 Å². The number of pyridine rings is 1. The smallest absolute Gasteiger partial charge is 0.123 e. The van der Waals surface area contributed by atoms with E-state index in [-0.39, 0.29) is 11.9 Å². The highest BCUT2D eigenvalue weighted by molar-refractivity contribution is 5.82. The van der Waals surface area contributed by atoms with Crippen LogP contribution in [-0.2, 0) is 18.4 Å². The van der Waals surface area contributed by atoms with Gasteiger partial charge in [-0.1, -0.05) is 30.3 Å². The number of aromatic nitrogens is 3. The molecule has 146 valence electrons. The van der Waals surface area contributed by atoms with E-state index < -0.39 is 0 Å². The minimum absolute atomic E-state index is 0.190. The summed E-state index contributed by atoms with van der Waals surface area (Å²) in [5.41, 5.74) is 5.70. The number of ether oxygens (including phenoxy) is 1. The molecule has 1 atom stereocenters. The summed E-state index contributed by atoms with van der Waals surface area (Å²) in [5, 5.41) is 4.76. The Balaban J connectivity index is 1.75. The van der Waals surface area contributed by atoms with Crippen molar-refractivity contribution in [1.82, 2.24) is 14.8 Å². The molecule has 2 aromatic carbocycles. The van der Waals surface area contributed by atoms with Gasteiger partial charge < -0.3 is 4.74 Å². The van der Waals surface area contributed by atoms with Crippen LogP contribution < -0.4 is 0 Å². The highest BCUT2D eigenvalue weighted by Gasteiger charge is 2.23. The summed E-state index contributed by atoms with van der Waals surface area (Å²) in [5.74, 6) is -0.269. The maximum absolute atomic E-state index is 13.4. The summed E-state index contributed by atoms with van der Waals surface area (Å²) in [6.07, 6.45) is 3.33. The minimum Gasteiger partial charge on any atom is -0.368 e. The van der Waals surface area contributed by atoms with Crippen LogP contribution in [0.3, 0.4) is 0 Å². The highest BCUT2D eigenvalue weighted by Crippen LogP contribution is 2.38. The second-order valence-electron chi connectivity index (χ2n) is 6.91. The minimum atomic E-state index is -0.269. The fourth-order valence-electron chi connectivity index (χ4n) is 3.49. The third kappa shape index (κ3) is 4.10. The van der Waals surface area contributed by atoms with Crippen LogP contribution in [0.5, 0.6) is 0 Å². The molecule has 0 aliphatic carbocycles. The van der Waals surface area contributed by atoms with Crippen LogP contribution in [0.1, 0.15) is 24.3 Å². The van der Waals surface area contributed by atoms with Crippen molar-refractivity contribution in [1.29, 1.82) is 0 Å². The molecule has 0 aliphatic rings. The van der Waals surface area contributed by atoms with E-state index in [0.29, 0.717) is 6.61 Å². The van der Waals surface area contributed by atoms with E-state index in [1.807, 2.05) is 61.1 Å². The zero-order chi connectivity index (χ0) is 20.2. The molecule has 0 bridgehead atoms. The van der Waals surface area contributed by atoms with Gasteiger partial charge in [-0.05, 0) is 54.4 Å².